The van der Waals surface area contributed by atoms with Gasteiger partial charge in [-0.3, -0.25) is 4.79 Å². The smallest absolute Gasteiger partial charge is 0.258 e. The van der Waals surface area contributed by atoms with Crippen molar-refractivity contribution in [1.29, 1.82) is 0 Å². The molecule has 1 aliphatic rings. The normalized spacial score (nSPS) is 13.6. The Kier molecular flexibility index (Phi) is 5.42. The van der Waals surface area contributed by atoms with Crippen molar-refractivity contribution in [1.82, 2.24) is 0 Å². The topological polar surface area (TPSA) is 51.9 Å². The van der Waals surface area contributed by atoms with Crippen molar-refractivity contribution in [2.75, 3.05) is 31.8 Å². The summed E-state index contributed by atoms with van der Waals surface area (Å²) in [6, 6.07) is 11.7. The maximum atomic E-state index is 13.4. The van der Waals surface area contributed by atoms with E-state index in [2.05, 4.69) is 35.0 Å². The van der Waals surface area contributed by atoms with Crippen molar-refractivity contribution < 1.29 is 18.7 Å². The van der Waals surface area contributed by atoms with Crippen LogP contribution in [0.25, 0.3) is 11.0 Å². The first-order valence-corrected chi connectivity index (χ1v) is 10.1. The first-order valence-electron chi connectivity index (χ1n) is 9.33. The summed E-state index contributed by atoms with van der Waals surface area (Å²) in [5.74, 6) is 0.573. The highest BCUT2D eigenvalue weighted by Crippen LogP contribution is 2.35. The largest absolute Gasteiger partial charge is 0.490 e. The molecule has 0 radical (unpaired) electrons. The lowest BCUT2D eigenvalue weighted by molar-refractivity contribution is 0.0984. The van der Waals surface area contributed by atoms with Crippen LogP contribution in [0.15, 0.2) is 45.5 Å². The van der Waals surface area contributed by atoms with Crippen LogP contribution in [0.1, 0.15) is 27.9 Å². The number of carbonyl (C=O) groups excluding carboxylic acids is 1. The standard InChI is InChI=1S/C22H22BrNO4/c1-14-5-6-18-15(10-14)4-3-7-24(18)22(25)16-11-19(27-9-8-26-2)17-13-21(23)28-20(17)12-16/h5-6,10-13H,3-4,7-9H2,1-2H3. The van der Waals surface area contributed by atoms with Gasteiger partial charge in [0.05, 0.1) is 12.0 Å². The van der Waals surface area contributed by atoms with Gasteiger partial charge in [0.15, 0.2) is 4.67 Å². The molecule has 0 saturated carbocycles. The van der Waals surface area contributed by atoms with Crippen LogP contribution < -0.4 is 9.64 Å². The molecule has 0 bridgehead atoms. The zero-order valence-electron chi connectivity index (χ0n) is 16.0. The average Bonchev–Trinajstić information content (AvgIpc) is 3.07. The van der Waals surface area contributed by atoms with E-state index >= 15 is 0 Å². The molecule has 0 atom stereocenters. The third-order valence-electron chi connectivity index (χ3n) is 4.96. The first-order chi connectivity index (χ1) is 13.6. The van der Waals surface area contributed by atoms with Gasteiger partial charge in [0.25, 0.3) is 5.91 Å². The molecule has 0 aliphatic carbocycles. The highest BCUT2D eigenvalue weighted by Gasteiger charge is 2.25. The van der Waals surface area contributed by atoms with Gasteiger partial charge in [-0.2, -0.15) is 0 Å². The number of nitrogens with zero attached hydrogens (tertiary/aromatic N) is 1. The molecule has 28 heavy (non-hydrogen) atoms. The Hall–Kier alpha value is -2.31. The molecule has 5 nitrogen and oxygen atoms in total. The first kappa shape index (κ1) is 19.0. The molecular weight excluding hydrogens is 422 g/mol. The van der Waals surface area contributed by atoms with E-state index in [0.29, 0.717) is 41.3 Å². The van der Waals surface area contributed by atoms with E-state index in [1.807, 2.05) is 17.0 Å². The zero-order valence-corrected chi connectivity index (χ0v) is 17.5. The monoisotopic (exact) mass is 443 g/mol. The SMILES string of the molecule is COCCOc1cc(C(=O)N2CCCc3cc(C)ccc32)cc2oc(Br)cc12. The Balaban J connectivity index is 1.72. The summed E-state index contributed by atoms with van der Waals surface area (Å²) >= 11 is 3.36. The van der Waals surface area contributed by atoms with Gasteiger partial charge in [0.1, 0.15) is 17.9 Å². The zero-order chi connectivity index (χ0) is 19.7. The van der Waals surface area contributed by atoms with Gasteiger partial charge < -0.3 is 18.8 Å². The molecule has 0 fully saturated rings. The molecule has 6 heteroatoms. The van der Waals surface area contributed by atoms with Gasteiger partial charge in [0.2, 0.25) is 0 Å². The highest BCUT2D eigenvalue weighted by atomic mass is 79.9. The van der Waals surface area contributed by atoms with E-state index in [-0.39, 0.29) is 5.91 Å². The minimum Gasteiger partial charge on any atom is -0.490 e. The number of methoxy groups -OCH3 is 1. The molecule has 1 aromatic heterocycles. The molecule has 146 valence electrons. The van der Waals surface area contributed by atoms with E-state index < -0.39 is 0 Å². The third kappa shape index (κ3) is 3.66. The van der Waals surface area contributed by atoms with E-state index in [4.69, 9.17) is 13.9 Å². The number of fused-ring (bicyclic) bond motifs is 2. The molecule has 2 heterocycles. The summed E-state index contributed by atoms with van der Waals surface area (Å²) in [7, 11) is 1.63. The number of furan rings is 1. The Morgan fingerprint density at radius 2 is 2.07 bits per heavy atom. The lowest BCUT2D eigenvalue weighted by atomic mass is 9.98. The van der Waals surface area contributed by atoms with Gasteiger partial charge in [-0.1, -0.05) is 17.7 Å². The number of aryl methyl sites for hydroxylation is 2. The summed E-state index contributed by atoms with van der Waals surface area (Å²) in [6.07, 6.45) is 1.95. The fourth-order valence-electron chi connectivity index (χ4n) is 3.65. The second-order valence-corrected chi connectivity index (χ2v) is 7.75. The maximum Gasteiger partial charge on any atom is 0.258 e. The Bertz CT molecular complexity index is 1030. The Morgan fingerprint density at radius 3 is 2.89 bits per heavy atom. The summed E-state index contributed by atoms with van der Waals surface area (Å²) in [4.78, 5) is 15.2. The van der Waals surface area contributed by atoms with Gasteiger partial charge >= 0.3 is 0 Å². The number of benzene rings is 2. The van der Waals surface area contributed by atoms with Crippen LogP contribution in [0.4, 0.5) is 5.69 Å². The molecule has 1 aliphatic heterocycles. The molecule has 0 N–H and O–H groups in total. The van der Waals surface area contributed by atoms with Crippen LogP contribution in [0.3, 0.4) is 0 Å². The predicted octanol–water partition coefficient (Wildman–Crippen LogP) is 5.12. The van der Waals surface area contributed by atoms with Crippen molar-refractivity contribution >= 4 is 38.5 Å². The molecule has 1 amide bonds. The second kappa shape index (κ2) is 7.97. The number of hydrogen-bond acceptors (Lipinski definition) is 4. The average molecular weight is 444 g/mol. The third-order valence-corrected chi connectivity index (χ3v) is 5.35. The van der Waals surface area contributed by atoms with Crippen LogP contribution in [0.2, 0.25) is 0 Å². The molecule has 3 aromatic rings. The highest BCUT2D eigenvalue weighted by molar-refractivity contribution is 9.10. The van der Waals surface area contributed by atoms with E-state index in [0.717, 1.165) is 23.9 Å². The minimum atomic E-state index is -0.0455. The summed E-state index contributed by atoms with van der Waals surface area (Å²) in [5, 5.41) is 0.828. The second-order valence-electron chi connectivity index (χ2n) is 6.97. The number of rotatable bonds is 5. The molecule has 0 unspecified atom stereocenters. The number of amides is 1. The number of anilines is 1. The summed E-state index contributed by atoms with van der Waals surface area (Å²) in [5.41, 5.74) is 4.59. The van der Waals surface area contributed by atoms with Gasteiger partial charge in [0, 0.05) is 31.0 Å². The fraction of sp³-hybridized carbons (Fsp3) is 0.318. The van der Waals surface area contributed by atoms with Crippen molar-refractivity contribution in [3.8, 4) is 5.75 Å². The van der Waals surface area contributed by atoms with Gasteiger partial charge in [-0.15, -0.1) is 0 Å². The summed E-state index contributed by atoms with van der Waals surface area (Å²) < 4.78 is 17.2. The Labute approximate surface area is 172 Å². The van der Waals surface area contributed by atoms with E-state index in [9.17, 15) is 4.79 Å². The lowest BCUT2D eigenvalue weighted by Gasteiger charge is -2.30. The molecular formula is C22H22BrNO4. The predicted molar refractivity (Wildman–Crippen MR) is 112 cm³/mol. The van der Waals surface area contributed by atoms with Gasteiger partial charge in [-0.25, -0.2) is 0 Å². The van der Waals surface area contributed by atoms with Crippen LogP contribution >= 0.6 is 15.9 Å². The van der Waals surface area contributed by atoms with Crippen LogP contribution in [-0.2, 0) is 11.2 Å². The number of ether oxygens (including phenoxy) is 2. The molecule has 0 saturated heterocycles. The fourth-order valence-corrected chi connectivity index (χ4v) is 4.05. The van der Waals surface area contributed by atoms with Crippen molar-refractivity contribution in [2.24, 2.45) is 0 Å². The maximum absolute atomic E-state index is 13.4. The van der Waals surface area contributed by atoms with Crippen LogP contribution in [0, 0.1) is 6.92 Å². The van der Waals surface area contributed by atoms with Crippen LogP contribution in [0.5, 0.6) is 5.75 Å². The van der Waals surface area contributed by atoms with Crippen molar-refractivity contribution in [3.63, 3.8) is 0 Å². The van der Waals surface area contributed by atoms with Gasteiger partial charge in [-0.05, 0) is 59.5 Å². The van der Waals surface area contributed by atoms with E-state index in [1.165, 1.54) is 11.1 Å². The number of carbonyl (C=O) groups is 1. The van der Waals surface area contributed by atoms with Crippen molar-refractivity contribution in [2.45, 2.75) is 19.8 Å². The minimum absolute atomic E-state index is 0.0455. The van der Waals surface area contributed by atoms with Crippen LogP contribution in [-0.4, -0.2) is 32.8 Å². The molecule has 4 rings (SSSR count). The quantitative estimate of drug-likeness (QED) is 0.513. The number of hydrogen-bond donors (Lipinski definition) is 0. The Morgan fingerprint density at radius 1 is 1.21 bits per heavy atom. The summed E-state index contributed by atoms with van der Waals surface area (Å²) in [6.45, 7) is 3.65. The lowest BCUT2D eigenvalue weighted by Crippen LogP contribution is -2.35. The molecule has 2 aromatic carbocycles. The van der Waals surface area contributed by atoms with Crippen molar-refractivity contribution in [3.05, 3.63) is 57.8 Å². The number of halogens is 1. The van der Waals surface area contributed by atoms with E-state index in [1.54, 1.807) is 19.2 Å². The molecule has 0 spiro atoms.